The van der Waals surface area contributed by atoms with E-state index in [1.807, 2.05) is 6.07 Å². The van der Waals surface area contributed by atoms with Gasteiger partial charge in [0, 0.05) is 19.5 Å². The average molecular weight is 413 g/mol. The SMILES string of the molecule is O=S(=O)(c1ccccc1C(F)(F)F)N1CCc2cc3c(cc2C1)OCCCO3. The van der Waals surface area contributed by atoms with Crippen LogP contribution in [0.1, 0.15) is 23.1 Å². The van der Waals surface area contributed by atoms with Crippen LogP contribution in [0.4, 0.5) is 13.2 Å². The lowest BCUT2D eigenvalue weighted by Gasteiger charge is -2.29. The van der Waals surface area contributed by atoms with Crippen molar-refractivity contribution >= 4 is 10.0 Å². The fourth-order valence-electron chi connectivity index (χ4n) is 3.46. The Morgan fingerprint density at radius 2 is 1.61 bits per heavy atom. The maximum absolute atomic E-state index is 13.3. The van der Waals surface area contributed by atoms with Gasteiger partial charge in [0.25, 0.3) is 0 Å². The van der Waals surface area contributed by atoms with Gasteiger partial charge in [0.1, 0.15) is 0 Å². The first-order valence-corrected chi connectivity index (χ1v) is 10.3. The number of fused-ring (bicyclic) bond motifs is 2. The summed E-state index contributed by atoms with van der Waals surface area (Å²) in [5.74, 6) is 1.15. The van der Waals surface area contributed by atoms with E-state index in [0.717, 1.165) is 28.4 Å². The third-order valence-electron chi connectivity index (χ3n) is 4.86. The molecule has 28 heavy (non-hydrogen) atoms. The third-order valence-corrected chi connectivity index (χ3v) is 6.76. The third kappa shape index (κ3) is 3.44. The summed E-state index contributed by atoms with van der Waals surface area (Å²) in [5.41, 5.74) is 0.475. The Balaban J connectivity index is 1.69. The van der Waals surface area contributed by atoms with Gasteiger partial charge in [0.15, 0.2) is 11.5 Å². The van der Waals surface area contributed by atoms with Crippen molar-refractivity contribution in [3.63, 3.8) is 0 Å². The smallest absolute Gasteiger partial charge is 0.417 e. The molecule has 5 nitrogen and oxygen atoms in total. The summed E-state index contributed by atoms with van der Waals surface area (Å²) in [4.78, 5) is -0.722. The summed E-state index contributed by atoms with van der Waals surface area (Å²) < 4.78 is 78.2. The van der Waals surface area contributed by atoms with E-state index in [9.17, 15) is 21.6 Å². The lowest BCUT2D eigenvalue weighted by atomic mass is 10.0. The zero-order chi connectivity index (χ0) is 19.9. The molecule has 0 N–H and O–H groups in total. The van der Waals surface area contributed by atoms with Crippen molar-refractivity contribution in [3.8, 4) is 11.5 Å². The summed E-state index contributed by atoms with van der Waals surface area (Å²) in [6.07, 6.45) is -3.62. The first-order chi connectivity index (χ1) is 13.3. The summed E-state index contributed by atoms with van der Waals surface area (Å²) in [6.45, 7) is 1.12. The van der Waals surface area contributed by atoms with Crippen molar-refractivity contribution in [1.29, 1.82) is 0 Å². The molecule has 0 bridgehead atoms. The van der Waals surface area contributed by atoms with E-state index in [1.165, 1.54) is 12.1 Å². The second-order valence-corrected chi connectivity index (χ2v) is 8.61. The molecule has 2 aromatic carbocycles. The summed E-state index contributed by atoms with van der Waals surface area (Å²) in [6, 6.07) is 7.83. The van der Waals surface area contributed by atoms with E-state index < -0.39 is 26.7 Å². The Kier molecular flexibility index (Phi) is 4.75. The van der Waals surface area contributed by atoms with Crippen LogP contribution in [0.25, 0.3) is 0 Å². The monoisotopic (exact) mass is 413 g/mol. The van der Waals surface area contributed by atoms with Gasteiger partial charge in [-0.2, -0.15) is 17.5 Å². The van der Waals surface area contributed by atoms with Gasteiger partial charge in [-0.1, -0.05) is 12.1 Å². The highest BCUT2D eigenvalue weighted by molar-refractivity contribution is 7.89. The minimum absolute atomic E-state index is 0.0134. The van der Waals surface area contributed by atoms with Crippen LogP contribution >= 0.6 is 0 Å². The molecular weight excluding hydrogens is 395 g/mol. The summed E-state index contributed by atoms with van der Waals surface area (Å²) >= 11 is 0. The van der Waals surface area contributed by atoms with Crippen molar-refractivity contribution < 1.29 is 31.1 Å². The van der Waals surface area contributed by atoms with Gasteiger partial charge in [-0.25, -0.2) is 8.42 Å². The molecule has 0 aliphatic carbocycles. The number of benzene rings is 2. The largest absolute Gasteiger partial charge is 0.490 e. The molecule has 2 heterocycles. The molecule has 0 amide bonds. The van der Waals surface area contributed by atoms with Gasteiger partial charge in [-0.15, -0.1) is 0 Å². The molecule has 0 fully saturated rings. The molecule has 4 rings (SSSR count). The molecule has 0 aromatic heterocycles. The number of hydrogen-bond donors (Lipinski definition) is 0. The van der Waals surface area contributed by atoms with Crippen LogP contribution in [-0.2, 0) is 29.2 Å². The Morgan fingerprint density at radius 3 is 2.29 bits per heavy atom. The summed E-state index contributed by atoms with van der Waals surface area (Å²) in [5, 5.41) is 0. The van der Waals surface area contributed by atoms with Crippen molar-refractivity contribution in [2.75, 3.05) is 19.8 Å². The predicted molar refractivity (Wildman–Crippen MR) is 94.8 cm³/mol. The van der Waals surface area contributed by atoms with E-state index in [-0.39, 0.29) is 13.1 Å². The molecule has 2 aliphatic heterocycles. The molecule has 0 atom stereocenters. The lowest BCUT2D eigenvalue weighted by Crippen LogP contribution is -2.36. The normalized spacial score (nSPS) is 17.7. The second-order valence-electron chi connectivity index (χ2n) is 6.70. The van der Waals surface area contributed by atoms with Crippen molar-refractivity contribution in [2.45, 2.75) is 30.5 Å². The predicted octanol–water partition coefficient (Wildman–Crippen LogP) is 3.61. The van der Waals surface area contributed by atoms with Crippen molar-refractivity contribution in [2.24, 2.45) is 0 Å². The number of sulfonamides is 1. The van der Waals surface area contributed by atoms with E-state index in [0.29, 0.717) is 36.7 Å². The topological polar surface area (TPSA) is 55.8 Å². The van der Waals surface area contributed by atoms with Gasteiger partial charge in [-0.05, 0) is 41.8 Å². The van der Waals surface area contributed by atoms with Crippen LogP contribution in [0.5, 0.6) is 11.5 Å². The Hall–Kier alpha value is -2.26. The molecule has 0 saturated carbocycles. The summed E-state index contributed by atoms with van der Waals surface area (Å²) in [7, 11) is -4.31. The molecule has 9 heteroatoms. The number of alkyl halides is 3. The van der Waals surface area contributed by atoms with E-state index in [2.05, 4.69) is 0 Å². The molecule has 0 saturated heterocycles. The maximum Gasteiger partial charge on any atom is 0.417 e. The van der Waals surface area contributed by atoms with Gasteiger partial charge in [0.05, 0.1) is 23.7 Å². The van der Waals surface area contributed by atoms with Gasteiger partial charge >= 0.3 is 6.18 Å². The molecular formula is C19H18F3NO4S. The Bertz CT molecular complexity index is 1000. The average Bonchev–Trinajstić information content (AvgIpc) is 2.89. The first-order valence-electron chi connectivity index (χ1n) is 8.84. The molecule has 2 aromatic rings. The minimum Gasteiger partial charge on any atom is -0.490 e. The van der Waals surface area contributed by atoms with Crippen LogP contribution in [-0.4, -0.2) is 32.5 Å². The van der Waals surface area contributed by atoms with Crippen molar-refractivity contribution in [3.05, 3.63) is 53.1 Å². The second kappa shape index (κ2) is 6.97. The number of rotatable bonds is 2. The van der Waals surface area contributed by atoms with Gasteiger partial charge in [0.2, 0.25) is 10.0 Å². The number of nitrogens with zero attached hydrogens (tertiary/aromatic N) is 1. The number of ether oxygens (including phenoxy) is 2. The van der Waals surface area contributed by atoms with Crippen LogP contribution in [0.3, 0.4) is 0 Å². The fraction of sp³-hybridized carbons (Fsp3) is 0.368. The quantitative estimate of drug-likeness (QED) is 0.755. The zero-order valence-electron chi connectivity index (χ0n) is 14.8. The van der Waals surface area contributed by atoms with Crippen LogP contribution in [0.2, 0.25) is 0 Å². The van der Waals surface area contributed by atoms with Crippen molar-refractivity contribution in [1.82, 2.24) is 4.31 Å². The van der Waals surface area contributed by atoms with E-state index in [1.54, 1.807) is 6.07 Å². The molecule has 0 unspecified atom stereocenters. The lowest BCUT2D eigenvalue weighted by molar-refractivity contribution is -0.139. The first kappa shape index (κ1) is 19.1. The Labute approximate surface area is 160 Å². The molecule has 2 aliphatic rings. The van der Waals surface area contributed by atoms with E-state index in [4.69, 9.17) is 9.47 Å². The Morgan fingerprint density at radius 1 is 0.964 bits per heavy atom. The van der Waals surface area contributed by atoms with Crippen LogP contribution in [0, 0.1) is 0 Å². The molecule has 0 spiro atoms. The standard InChI is InChI=1S/C19H18F3NO4S/c20-19(21,22)15-4-1-2-5-18(15)28(24,25)23-7-6-13-10-16-17(11-14(13)12-23)27-9-3-8-26-16/h1-2,4-5,10-11H,3,6-9,12H2. The highest BCUT2D eigenvalue weighted by Crippen LogP contribution is 2.38. The highest BCUT2D eigenvalue weighted by atomic mass is 32.2. The van der Waals surface area contributed by atoms with Crippen LogP contribution in [0.15, 0.2) is 41.3 Å². The minimum atomic E-state index is -4.75. The van der Waals surface area contributed by atoms with Gasteiger partial charge in [-0.3, -0.25) is 0 Å². The zero-order valence-corrected chi connectivity index (χ0v) is 15.6. The number of hydrogen-bond acceptors (Lipinski definition) is 4. The fourth-order valence-corrected chi connectivity index (χ4v) is 5.09. The van der Waals surface area contributed by atoms with Crippen LogP contribution < -0.4 is 9.47 Å². The van der Waals surface area contributed by atoms with Gasteiger partial charge < -0.3 is 9.47 Å². The molecule has 0 radical (unpaired) electrons. The highest BCUT2D eigenvalue weighted by Gasteiger charge is 2.39. The maximum atomic E-state index is 13.3. The molecule has 150 valence electrons. The number of halogens is 3. The van der Waals surface area contributed by atoms with E-state index >= 15 is 0 Å².